The molecule has 2 rings (SSSR count). The minimum absolute atomic E-state index is 0.118. The van der Waals surface area contributed by atoms with Crippen LogP contribution in [0.15, 0.2) is 48.5 Å². The molecule has 0 bridgehead atoms. The number of ether oxygens (including phenoxy) is 3. The summed E-state index contributed by atoms with van der Waals surface area (Å²) in [4.78, 5) is 12.0. The Morgan fingerprint density at radius 1 is 0.957 bits per heavy atom. The van der Waals surface area contributed by atoms with E-state index in [1.165, 1.54) is 0 Å². The van der Waals surface area contributed by atoms with Crippen molar-refractivity contribution in [1.82, 2.24) is 5.32 Å². The Labute approximate surface area is 136 Å². The molecule has 23 heavy (non-hydrogen) atoms. The number of hydrogen-bond acceptors (Lipinski definition) is 4. The highest BCUT2D eigenvalue weighted by atomic mass is 16.5. The maximum atomic E-state index is 12.0. The zero-order chi connectivity index (χ0) is 16.5. The van der Waals surface area contributed by atoms with E-state index in [1.807, 2.05) is 36.4 Å². The number of rotatable bonds is 8. The smallest absolute Gasteiger partial charge is 0.251 e. The molecule has 2 aromatic rings. The Morgan fingerprint density at radius 2 is 1.61 bits per heavy atom. The first-order chi connectivity index (χ1) is 11.2. The van der Waals surface area contributed by atoms with E-state index in [0.717, 1.165) is 17.1 Å². The van der Waals surface area contributed by atoms with Crippen LogP contribution in [0.1, 0.15) is 15.9 Å². The first-order valence-electron chi connectivity index (χ1n) is 7.36. The molecule has 0 atom stereocenters. The third-order valence-corrected chi connectivity index (χ3v) is 3.24. The van der Waals surface area contributed by atoms with Crippen LogP contribution in [0.2, 0.25) is 0 Å². The van der Waals surface area contributed by atoms with Gasteiger partial charge in [-0.2, -0.15) is 0 Å². The highest BCUT2D eigenvalue weighted by Gasteiger charge is 2.04. The quantitative estimate of drug-likeness (QED) is 0.761. The molecule has 0 unspecified atom stereocenters. The second-order valence-electron chi connectivity index (χ2n) is 4.91. The van der Waals surface area contributed by atoms with Gasteiger partial charge in [-0.1, -0.05) is 12.1 Å². The second-order valence-corrected chi connectivity index (χ2v) is 4.91. The highest BCUT2D eigenvalue weighted by molar-refractivity contribution is 5.94. The van der Waals surface area contributed by atoms with E-state index < -0.39 is 0 Å². The Bertz CT molecular complexity index is 608. The summed E-state index contributed by atoms with van der Waals surface area (Å²) in [6, 6.07) is 14.6. The molecule has 0 fully saturated rings. The van der Waals surface area contributed by atoms with Gasteiger partial charge < -0.3 is 19.5 Å². The molecule has 0 aromatic heterocycles. The maximum absolute atomic E-state index is 12.0. The average Bonchev–Trinajstić information content (AvgIpc) is 2.60. The standard InChI is InChI=1S/C18H21NO4/c1-21-13-14-3-5-15(6-4-14)18(20)19-11-12-23-17-9-7-16(22-2)8-10-17/h3-10H,11-13H2,1-2H3,(H,19,20). The van der Waals surface area contributed by atoms with Crippen LogP contribution in [0.25, 0.3) is 0 Å². The number of benzene rings is 2. The molecule has 0 spiro atoms. The molecule has 0 aliphatic rings. The van der Waals surface area contributed by atoms with Crippen molar-refractivity contribution in [1.29, 1.82) is 0 Å². The molecule has 1 amide bonds. The van der Waals surface area contributed by atoms with Crippen molar-refractivity contribution < 1.29 is 19.0 Å². The van der Waals surface area contributed by atoms with E-state index >= 15 is 0 Å². The van der Waals surface area contributed by atoms with Crippen LogP contribution in [0.3, 0.4) is 0 Å². The zero-order valence-corrected chi connectivity index (χ0v) is 13.4. The number of carbonyl (C=O) groups excluding carboxylic acids is 1. The first-order valence-corrected chi connectivity index (χ1v) is 7.36. The monoisotopic (exact) mass is 315 g/mol. The van der Waals surface area contributed by atoms with Gasteiger partial charge >= 0.3 is 0 Å². The van der Waals surface area contributed by atoms with Crippen LogP contribution in [-0.4, -0.2) is 33.3 Å². The molecule has 1 N–H and O–H groups in total. The number of methoxy groups -OCH3 is 2. The summed E-state index contributed by atoms with van der Waals surface area (Å²) in [5.74, 6) is 1.40. The lowest BCUT2D eigenvalue weighted by molar-refractivity contribution is 0.0947. The van der Waals surface area contributed by atoms with E-state index in [2.05, 4.69) is 5.32 Å². The van der Waals surface area contributed by atoms with Gasteiger partial charge in [-0.15, -0.1) is 0 Å². The predicted molar refractivity (Wildman–Crippen MR) is 88.0 cm³/mol. The van der Waals surface area contributed by atoms with Crippen molar-refractivity contribution in [2.75, 3.05) is 27.4 Å². The SMILES string of the molecule is COCc1ccc(C(=O)NCCOc2ccc(OC)cc2)cc1. The van der Waals surface area contributed by atoms with Crippen LogP contribution in [-0.2, 0) is 11.3 Å². The average molecular weight is 315 g/mol. The number of nitrogens with one attached hydrogen (secondary N) is 1. The molecule has 0 saturated heterocycles. The van der Waals surface area contributed by atoms with Gasteiger partial charge in [0.25, 0.3) is 5.91 Å². The van der Waals surface area contributed by atoms with Crippen LogP contribution >= 0.6 is 0 Å². The summed E-state index contributed by atoms with van der Waals surface area (Å²) in [6.07, 6.45) is 0. The summed E-state index contributed by atoms with van der Waals surface area (Å²) >= 11 is 0. The maximum Gasteiger partial charge on any atom is 0.251 e. The van der Waals surface area contributed by atoms with E-state index in [0.29, 0.717) is 25.3 Å². The van der Waals surface area contributed by atoms with Gasteiger partial charge in [-0.25, -0.2) is 0 Å². The Hall–Kier alpha value is -2.53. The van der Waals surface area contributed by atoms with Gasteiger partial charge in [-0.3, -0.25) is 4.79 Å². The molecule has 0 heterocycles. The lowest BCUT2D eigenvalue weighted by atomic mass is 10.1. The van der Waals surface area contributed by atoms with Gasteiger partial charge in [0, 0.05) is 12.7 Å². The third kappa shape index (κ3) is 5.30. The van der Waals surface area contributed by atoms with Crippen molar-refractivity contribution >= 4 is 5.91 Å². The van der Waals surface area contributed by atoms with Crippen molar-refractivity contribution in [3.8, 4) is 11.5 Å². The summed E-state index contributed by atoms with van der Waals surface area (Å²) in [7, 11) is 3.26. The van der Waals surface area contributed by atoms with Gasteiger partial charge in [0.1, 0.15) is 18.1 Å². The van der Waals surface area contributed by atoms with Gasteiger partial charge in [0.15, 0.2) is 0 Å². The van der Waals surface area contributed by atoms with Gasteiger partial charge in [0.2, 0.25) is 0 Å². The molecule has 5 heteroatoms. The van der Waals surface area contributed by atoms with Crippen LogP contribution in [0, 0.1) is 0 Å². The number of hydrogen-bond donors (Lipinski definition) is 1. The number of amides is 1. The summed E-state index contributed by atoms with van der Waals surface area (Å²) in [5.41, 5.74) is 1.65. The third-order valence-electron chi connectivity index (χ3n) is 3.24. The fourth-order valence-corrected chi connectivity index (χ4v) is 2.03. The molecule has 122 valence electrons. The first kappa shape index (κ1) is 16.8. The van der Waals surface area contributed by atoms with Crippen LogP contribution < -0.4 is 14.8 Å². The molecule has 0 saturated carbocycles. The lowest BCUT2D eigenvalue weighted by Crippen LogP contribution is -2.28. The molecule has 2 aromatic carbocycles. The van der Waals surface area contributed by atoms with Crippen LogP contribution in [0.5, 0.6) is 11.5 Å². The summed E-state index contributed by atoms with van der Waals surface area (Å²) < 4.78 is 15.7. The molecule has 0 aliphatic carbocycles. The van der Waals surface area contributed by atoms with Crippen molar-refractivity contribution in [2.45, 2.75) is 6.61 Å². The summed E-state index contributed by atoms with van der Waals surface area (Å²) in [5, 5.41) is 2.82. The minimum atomic E-state index is -0.118. The largest absolute Gasteiger partial charge is 0.497 e. The van der Waals surface area contributed by atoms with E-state index in [4.69, 9.17) is 14.2 Å². The molecular formula is C18H21NO4. The highest BCUT2D eigenvalue weighted by Crippen LogP contribution is 2.16. The fraction of sp³-hybridized carbons (Fsp3) is 0.278. The van der Waals surface area contributed by atoms with Crippen molar-refractivity contribution in [3.63, 3.8) is 0 Å². The topological polar surface area (TPSA) is 56.8 Å². The van der Waals surface area contributed by atoms with Crippen molar-refractivity contribution in [2.24, 2.45) is 0 Å². The van der Waals surface area contributed by atoms with E-state index in [-0.39, 0.29) is 5.91 Å². The fourth-order valence-electron chi connectivity index (χ4n) is 2.03. The van der Waals surface area contributed by atoms with E-state index in [1.54, 1.807) is 26.4 Å². The Kier molecular flexibility index (Phi) is 6.44. The van der Waals surface area contributed by atoms with Gasteiger partial charge in [-0.05, 0) is 42.0 Å². The normalized spacial score (nSPS) is 10.2. The predicted octanol–water partition coefficient (Wildman–Crippen LogP) is 2.65. The number of carbonyl (C=O) groups is 1. The Balaban J connectivity index is 1.73. The minimum Gasteiger partial charge on any atom is -0.497 e. The van der Waals surface area contributed by atoms with Crippen LogP contribution in [0.4, 0.5) is 0 Å². The van der Waals surface area contributed by atoms with Crippen molar-refractivity contribution in [3.05, 3.63) is 59.7 Å². The zero-order valence-electron chi connectivity index (χ0n) is 13.4. The Morgan fingerprint density at radius 3 is 2.22 bits per heavy atom. The second kappa shape index (κ2) is 8.80. The molecule has 5 nitrogen and oxygen atoms in total. The lowest BCUT2D eigenvalue weighted by Gasteiger charge is -2.09. The molecular weight excluding hydrogens is 294 g/mol. The molecule has 0 aliphatic heterocycles. The molecule has 0 radical (unpaired) electrons. The van der Waals surface area contributed by atoms with E-state index in [9.17, 15) is 4.79 Å². The summed E-state index contributed by atoms with van der Waals surface area (Å²) in [6.45, 7) is 1.38. The van der Waals surface area contributed by atoms with Gasteiger partial charge in [0.05, 0.1) is 20.3 Å².